The first kappa shape index (κ1) is 4.46. The van der Waals surface area contributed by atoms with Crippen LogP contribution in [0.25, 0.3) is 0 Å². The van der Waals surface area contributed by atoms with Gasteiger partial charge < -0.3 is 10.6 Å². The third kappa shape index (κ3) is 0.838. The zero-order valence-electron chi connectivity index (χ0n) is 4.23. The first-order valence-corrected chi connectivity index (χ1v) is 2.28. The van der Waals surface area contributed by atoms with Gasteiger partial charge in [0.2, 0.25) is 0 Å². The molecule has 3 N–H and O–H groups in total. The summed E-state index contributed by atoms with van der Waals surface area (Å²) in [6, 6.07) is 0. The Morgan fingerprint density at radius 2 is 2.00 bits per heavy atom. The molecule has 0 radical (unpaired) electrons. The molecule has 1 aliphatic rings. The van der Waals surface area contributed by atoms with Crippen LogP contribution in [0.3, 0.4) is 0 Å². The molecule has 0 bridgehead atoms. The zero-order valence-corrected chi connectivity index (χ0v) is 4.23. The Balaban J connectivity index is 2.22. The molecular weight excluding hydrogens is 90.1 g/mol. The second kappa shape index (κ2) is 1.84. The normalized spacial score (nSPS) is 19.0. The van der Waals surface area contributed by atoms with Gasteiger partial charge in [-0.15, -0.1) is 0 Å². The molecule has 0 aliphatic carbocycles. The van der Waals surface area contributed by atoms with Crippen LogP contribution in [0.15, 0.2) is 12.4 Å². The van der Waals surface area contributed by atoms with Gasteiger partial charge in [0.1, 0.15) is 0 Å². The van der Waals surface area contributed by atoms with E-state index in [1.165, 1.54) is 0 Å². The van der Waals surface area contributed by atoms with E-state index < -0.39 is 0 Å². The van der Waals surface area contributed by atoms with E-state index in [4.69, 9.17) is 0 Å². The lowest BCUT2D eigenvalue weighted by molar-refractivity contribution is 0.499. The van der Waals surface area contributed by atoms with Gasteiger partial charge >= 0.3 is 0 Å². The van der Waals surface area contributed by atoms with Crippen molar-refractivity contribution < 1.29 is 0 Å². The largest absolute Gasteiger partial charge is 0.358 e. The summed E-state index contributed by atoms with van der Waals surface area (Å²) >= 11 is 0. The van der Waals surface area contributed by atoms with E-state index >= 15 is 0 Å². The van der Waals surface area contributed by atoms with Crippen LogP contribution >= 0.6 is 0 Å². The van der Waals surface area contributed by atoms with Crippen molar-refractivity contribution in [1.29, 1.82) is 0 Å². The second-order valence-electron chi connectivity index (χ2n) is 1.39. The van der Waals surface area contributed by atoms with Gasteiger partial charge in [-0.2, -0.15) is 0 Å². The molecule has 0 amide bonds. The molecule has 0 aromatic carbocycles. The summed E-state index contributed by atoms with van der Waals surface area (Å²) in [5.74, 6) is 0. The van der Waals surface area contributed by atoms with Gasteiger partial charge in [0.05, 0.1) is 0 Å². The third-order valence-corrected chi connectivity index (χ3v) is 0.898. The molecule has 1 heterocycles. The molecule has 40 valence electrons. The quantitative estimate of drug-likeness (QED) is 0.401. The van der Waals surface area contributed by atoms with Crippen molar-refractivity contribution >= 4 is 0 Å². The lowest BCUT2D eigenvalue weighted by Gasteiger charge is -2.08. The van der Waals surface area contributed by atoms with Crippen molar-refractivity contribution in [3.63, 3.8) is 0 Å². The molecular formula is C4H9N3. The van der Waals surface area contributed by atoms with Crippen LogP contribution in [0.4, 0.5) is 0 Å². The third-order valence-electron chi connectivity index (χ3n) is 0.898. The molecule has 3 nitrogen and oxygen atoms in total. The number of hydrogen-bond donors (Lipinski definition) is 3. The van der Waals surface area contributed by atoms with Crippen molar-refractivity contribution in [2.45, 2.75) is 6.29 Å². The van der Waals surface area contributed by atoms with Gasteiger partial charge in [-0.25, -0.2) is 0 Å². The summed E-state index contributed by atoms with van der Waals surface area (Å²) in [6.07, 6.45) is 3.96. The highest BCUT2D eigenvalue weighted by atomic mass is 15.3. The minimum absolute atomic E-state index is 0.236. The second-order valence-corrected chi connectivity index (χ2v) is 1.39. The maximum absolute atomic E-state index is 3.00. The molecule has 7 heavy (non-hydrogen) atoms. The standard InChI is InChI=1S/C4H9N3/c1-5-4-6-2-3-7-4/h2-7H,1H3. The molecule has 0 aromatic heterocycles. The molecule has 0 aromatic rings. The van der Waals surface area contributed by atoms with Crippen LogP contribution in [0.1, 0.15) is 0 Å². The molecule has 0 unspecified atom stereocenters. The van der Waals surface area contributed by atoms with Gasteiger partial charge in [0.25, 0.3) is 0 Å². The van der Waals surface area contributed by atoms with Crippen molar-refractivity contribution in [2.75, 3.05) is 7.05 Å². The molecule has 0 saturated carbocycles. The maximum atomic E-state index is 3.00. The maximum Gasteiger partial charge on any atom is 0.151 e. The molecule has 3 heteroatoms. The van der Waals surface area contributed by atoms with E-state index in [2.05, 4.69) is 16.0 Å². The predicted octanol–water partition coefficient (Wildman–Crippen LogP) is -0.847. The summed E-state index contributed by atoms with van der Waals surface area (Å²) in [5.41, 5.74) is 0. The van der Waals surface area contributed by atoms with Gasteiger partial charge in [0, 0.05) is 12.4 Å². The highest BCUT2D eigenvalue weighted by Gasteiger charge is 2.00. The van der Waals surface area contributed by atoms with Crippen LogP contribution in [0.2, 0.25) is 0 Å². The molecule has 0 atom stereocenters. The Labute approximate surface area is 42.8 Å². The minimum Gasteiger partial charge on any atom is -0.358 e. The molecule has 0 spiro atoms. The van der Waals surface area contributed by atoms with E-state index in [1.807, 2.05) is 19.4 Å². The summed E-state index contributed by atoms with van der Waals surface area (Å²) in [5, 5.41) is 8.99. The van der Waals surface area contributed by atoms with Crippen LogP contribution < -0.4 is 16.0 Å². The van der Waals surface area contributed by atoms with Gasteiger partial charge in [-0.1, -0.05) is 0 Å². The molecule has 0 fully saturated rings. The zero-order chi connectivity index (χ0) is 5.11. The summed E-state index contributed by atoms with van der Waals surface area (Å²) in [4.78, 5) is 0. The first-order chi connectivity index (χ1) is 3.43. The number of hydrogen-bond acceptors (Lipinski definition) is 3. The van der Waals surface area contributed by atoms with Crippen LogP contribution in [-0.4, -0.2) is 13.3 Å². The highest BCUT2D eigenvalue weighted by molar-refractivity contribution is 4.88. The Bertz CT molecular complexity index is 71.0. The van der Waals surface area contributed by atoms with Gasteiger partial charge in [-0.05, 0) is 7.05 Å². The lowest BCUT2D eigenvalue weighted by atomic mass is 10.8. The fraction of sp³-hybridized carbons (Fsp3) is 0.500. The minimum atomic E-state index is 0.236. The number of nitrogens with one attached hydrogen (secondary N) is 3. The van der Waals surface area contributed by atoms with Crippen LogP contribution in [0, 0.1) is 0 Å². The highest BCUT2D eigenvalue weighted by Crippen LogP contribution is 1.77. The average molecular weight is 99.1 g/mol. The van der Waals surface area contributed by atoms with Gasteiger partial charge in [-0.3, -0.25) is 5.32 Å². The Morgan fingerprint density at radius 1 is 1.43 bits per heavy atom. The first-order valence-electron chi connectivity index (χ1n) is 2.28. The van der Waals surface area contributed by atoms with E-state index in [0.29, 0.717) is 0 Å². The molecule has 1 aliphatic heterocycles. The smallest absolute Gasteiger partial charge is 0.151 e. The summed E-state index contributed by atoms with van der Waals surface area (Å²) in [6.45, 7) is 0. The van der Waals surface area contributed by atoms with Crippen molar-refractivity contribution in [2.24, 2.45) is 0 Å². The summed E-state index contributed by atoms with van der Waals surface area (Å²) < 4.78 is 0. The van der Waals surface area contributed by atoms with E-state index in [0.717, 1.165) is 0 Å². The summed E-state index contributed by atoms with van der Waals surface area (Å²) in [7, 11) is 1.89. The van der Waals surface area contributed by atoms with E-state index in [-0.39, 0.29) is 6.29 Å². The lowest BCUT2D eigenvalue weighted by Crippen LogP contribution is -2.42. The van der Waals surface area contributed by atoms with Crippen LogP contribution in [-0.2, 0) is 0 Å². The fourth-order valence-electron chi connectivity index (χ4n) is 0.503. The Morgan fingerprint density at radius 3 is 2.29 bits per heavy atom. The van der Waals surface area contributed by atoms with E-state index in [1.54, 1.807) is 0 Å². The number of rotatable bonds is 1. The van der Waals surface area contributed by atoms with Gasteiger partial charge in [0.15, 0.2) is 6.29 Å². The average Bonchev–Trinajstić information content (AvgIpc) is 2.14. The Kier molecular flexibility index (Phi) is 1.17. The van der Waals surface area contributed by atoms with E-state index in [9.17, 15) is 0 Å². The molecule has 1 rings (SSSR count). The topological polar surface area (TPSA) is 36.1 Å². The van der Waals surface area contributed by atoms with Crippen LogP contribution in [0.5, 0.6) is 0 Å². The Hall–Kier alpha value is -0.700. The predicted molar refractivity (Wildman–Crippen MR) is 28.3 cm³/mol. The monoisotopic (exact) mass is 99.1 g/mol. The SMILES string of the molecule is CNC1NC=CN1. The molecule has 0 saturated heterocycles. The fourth-order valence-corrected chi connectivity index (χ4v) is 0.503. The van der Waals surface area contributed by atoms with Crippen molar-refractivity contribution in [3.05, 3.63) is 12.4 Å². The van der Waals surface area contributed by atoms with Crippen molar-refractivity contribution in [3.8, 4) is 0 Å². The van der Waals surface area contributed by atoms with Crippen molar-refractivity contribution in [1.82, 2.24) is 16.0 Å².